The van der Waals surface area contributed by atoms with Crippen LogP contribution in [0.5, 0.6) is 11.5 Å². The SMILES string of the molecule is COc1cccc(C(=O)OCC(=O)Nc2ccc(N3CCCC3=O)cc2)c1OC. The monoisotopic (exact) mass is 398 g/mol. The second-order valence-electron chi connectivity index (χ2n) is 6.36. The van der Waals surface area contributed by atoms with Gasteiger partial charge in [0, 0.05) is 24.3 Å². The van der Waals surface area contributed by atoms with Gasteiger partial charge < -0.3 is 24.4 Å². The van der Waals surface area contributed by atoms with Gasteiger partial charge in [0.25, 0.3) is 5.91 Å². The smallest absolute Gasteiger partial charge is 0.342 e. The van der Waals surface area contributed by atoms with Crippen molar-refractivity contribution in [1.29, 1.82) is 0 Å². The minimum atomic E-state index is -0.696. The average molecular weight is 398 g/mol. The molecule has 0 saturated carbocycles. The quantitative estimate of drug-likeness (QED) is 0.721. The minimum absolute atomic E-state index is 0.0988. The van der Waals surface area contributed by atoms with Crippen LogP contribution in [-0.2, 0) is 14.3 Å². The topological polar surface area (TPSA) is 94.2 Å². The molecule has 2 aromatic rings. The molecule has 0 bridgehead atoms. The summed E-state index contributed by atoms with van der Waals surface area (Å²) >= 11 is 0. The molecule has 1 aliphatic heterocycles. The van der Waals surface area contributed by atoms with Crippen LogP contribution in [0.2, 0.25) is 0 Å². The molecule has 1 N–H and O–H groups in total. The number of carbonyl (C=O) groups is 3. The van der Waals surface area contributed by atoms with Gasteiger partial charge in [0.15, 0.2) is 18.1 Å². The van der Waals surface area contributed by atoms with Crippen LogP contribution in [0, 0.1) is 0 Å². The van der Waals surface area contributed by atoms with Crippen molar-refractivity contribution in [2.75, 3.05) is 37.6 Å². The van der Waals surface area contributed by atoms with E-state index in [0.717, 1.165) is 12.1 Å². The molecule has 8 nitrogen and oxygen atoms in total. The lowest BCUT2D eigenvalue weighted by Gasteiger charge is -2.16. The molecule has 0 atom stereocenters. The Balaban J connectivity index is 1.56. The van der Waals surface area contributed by atoms with E-state index < -0.39 is 18.5 Å². The first-order valence-electron chi connectivity index (χ1n) is 9.12. The first-order chi connectivity index (χ1) is 14.0. The minimum Gasteiger partial charge on any atom is -0.493 e. The Hall–Kier alpha value is -3.55. The molecule has 1 heterocycles. The molecule has 2 aromatic carbocycles. The number of hydrogen-bond acceptors (Lipinski definition) is 6. The lowest BCUT2D eigenvalue weighted by atomic mass is 10.2. The molecule has 0 aliphatic carbocycles. The Morgan fingerprint density at radius 2 is 1.83 bits per heavy atom. The Morgan fingerprint density at radius 1 is 1.07 bits per heavy atom. The van der Waals surface area contributed by atoms with Gasteiger partial charge in [-0.2, -0.15) is 0 Å². The van der Waals surface area contributed by atoms with Crippen molar-refractivity contribution in [3.8, 4) is 11.5 Å². The van der Waals surface area contributed by atoms with E-state index in [1.165, 1.54) is 20.3 Å². The molecule has 1 saturated heterocycles. The van der Waals surface area contributed by atoms with Crippen molar-refractivity contribution in [1.82, 2.24) is 0 Å². The summed E-state index contributed by atoms with van der Waals surface area (Å²) in [4.78, 5) is 37.9. The number of ether oxygens (including phenoxy) is 3. The van der Waals surface area contributed by atoms with Crippen LogP contribution in [0.4, 0.5) is 11.4 Å². The summed E-state index contributed by atoms with van der Waals surface area (Å²) in [5, 5.41) is 2.65. The summed E-state index contributed by atoms with van der Waals surface area (Å²) in [5.74, 6) is -0.443. The fraction of sp³-hybridized carbons (Fsp3) is 0.286. The highest BCUT2D eigenvalue weighted by Crippen LogP contribution is 2.31. The zero-order valence-electron chi connectivity index (χ0n) is 16.3. The third kappa shape index (κ3) is 4.66. The average Bonchev–Trinajstić information content (AvgIpc) is 3.17. The van der Waals surface area contributed by atoms with Gasteiger partial charge in [0.1, 0.15) is 5.56 Å². The summed E-state index contributed by atoms with van der Waals surface area (Å²) < 4.78 is 15.4. The Labute approximate surface area is 168 Å². The Bertz CT molecular complexity index is 910. The normalized spacial score (nSPS) is 13.2. The molecule has 2 amide bonds. The molecule has 1 aliphatic rings. The van der Waals surface area contributed by atoms with Crippen LogP contribution < -0.4 is 19.7 Å². The number of esters is 1. The van der Waals surface area contributed by atoms with Crippen LogP contribution in [0.1, 0.15) is 23.2 Å². The summed E-state index contributed by atoms with van der Waals surface area (Å²) in [5.41, 5.74) is 1.50. The number of carbonyl (C=O) groups excluding carboxylic acids is 3. The molecule has 0 unspecified atom stereocenters. The van der Waals surface area contributed by atoms with E-state index in [1.807, 2.05) is 0 Å². The molecule has 1 fully saturated rings. The van der Waals surface area contributed by atoms with Gasteiger partial charge in [-0.3, -0.25) is 9.59 Å². The molecule has 152 valence electrons. The highest BCUT2D eigenvalue weighted by Gasteiger charge is 2.22. The third-order valence-electron chi connectivity index (χ3n) is 4.49. The van der Waals surface area contributed by atoms with E-state index >= 15 is 0 Å². The second-order valence-corrected chi connectivity index (χ2v) is 6.36. The van der Waals surface area contributed by atoms with Gasteiger partial charge in [0.2, 0.25) is 5.91 Å². The number of para-hydroxylation sites is 1. The molecule has 0 aromatic heterocycles. The highest BCUT2D eigenvalue weighted by atomic mass is 16.5. The predicted octanol–water partition coefficient (Wildman–Crippen LogP) is 2.63. The van der Waals surface area contributed by atoms with Crippen LogP contribution in [0.15, 0.2) is 42.5 Å². The van der Waals surface area contributed by atoms with E-state index in [0.29, 0.717) is 24.4 Å². The lowest BCUT2D eigenvalue weighted by molar-refractivity contribution is -0.119. The molecular formula is C21H22N2O6. The van der Waals surface area contributed by atoms with Gasteiger partial charge in [-0.05, 0) is 42.8 Å². The van der Waals surface area contributed by atoms with E-state index in [1.54, 1.807) is 41.3 Å². The summed E-state index contributed by atoms with van der Waals surface area (Å²) in [6.07, 6.45) is 1.41. The predicted molar refractivity (Wildman–Crippen MR) is 106 cm³/mol. The first kappa shape index (κ1) is 20.2. The Morgan fingerprint density at radius 3 is 2.45 bits per heavy atom. The number of methoxy groups -OCH3 is 2. The molecule has 0 radical (unpaired) electrons. The summed E-state index contributed by atoms with van der Waals surface area (Å²) in [7, 11) is 2.88. The van der Waals surface area contributed by atoms with Gasteiger partial charge >= 0.3 is 5.97 Å². The standard InChI is InChI=1S/C21H22N2O6/c1-27-17-6-3-5-16(20(17)28-2)21(26)29-13-18(24)22-14-8-10-15(11-9-14)23-12-4-7-19(23)25/h3,5-6,8-11H,4,7,12-13H2,1-2H3,(H,22,24). The highest BCUT2D eigenvalue weighted by molar-refractivity contribution is 5.98. The number of rotatable bonds is 7. The summed E-state index contributed by atoms with van der Waals surface area (Å²) in [6, 6.07) is 11.8. The number of hydrogen-bond donors (Lipinski definition) is 1. The van der Waals surface area contributed by atoms with Crippen molar-refractivity contribution >= 4 is 29.2 Å². The van der Waals surface area contributed by atoms with Crippen LogP contribution >= 0.6 is 0 Å². The largest absolute Gasteiger partial charge is 0.493 e. The van der Waals surface area contributed by atoms with Gasteiger partial charge in [-0.1, -0.05) is 6.07 Å². The number of amides is 2. The van der Waals surface area contributed by atoms with Crippen molar-refractivity contribution in [3.05, 3.63) is 48.0 Å². The number of nitrogens with one attached hydrogen (secondary N) is 1. The molecule has 0 spiro atoms. The molecule has 29 heavy (non-hydrogen) atoms. The maximum atomic E-state index is 12.3. The molecular weight excluding hydrogens is 376 g/mol. The maximum Gasteiger partial charge on any atom is 0.342 e. The van der Waals surface area contributed by atoms with Crippen molar-refractivity contribution < 1.29 is 28.6 Å². The Kier molecular flexibility index (Phi) is 6.33. The van der Waals surface area contributed by atoms with Crippen LogP contribution in [-0.4, -0.2) is 45.2 Å². The lowest BCUT2D eigenvalue weighted by Crippen LogP contribution is -2.24. The van der Waals surface area contributed by atoms with E-state index in [-0.39, 0.29) is 17.2 Å². The van der Waals surface area contributed by atoms with E-state index in [2.05, 4.69) is 5.32 Å². The van der Waals surface area contributed by atoms with Gasteiger partial charge in [0.05, 0.1) is 14.2 Å². The fourth-order valence-electron chi connectivity index (χ4n) is 3.10. The van der Waals surface area contributed by atoms with E-state index in [4.69, 9.17) is 14.2 Å². The number of benzene rings is 2. The number of anilines is 2. The zero-order valence-corrected chi connectivity index (χ0v) is 16.3. The number of nitrogens with zero attached hydrogens (tertiary/aromatic N) is 1. The van der Waals surface area contributed by atoms with Gasteiger partial charge in [-0.15, -0.1) is 0 Å². The van der Waals surface area contributed by atoms with Crippen molar-refractivity contribution in [3.63, 3.8) is 0 Å². The maximum absolute atomic E-state index is 12.3. The second kappa shape index (κ2) is 9.09. The van der Waals surface area contributed by atoms with Crippen molar-refractivity contribution in [2.45, 2.75) is 12.8 Å². The fourth-order valence-corrected chi connectivity index (χ4v) is 3.10. The third-order valence-corrected chi connectivity index (χ3v) is 4.49. The van der Waals surface area contributed by atoms with E-state index in [9.17, 15) is 14.4 Å². The first-order valence-corrected chi connectivity index (χ1v) is 9.12. The molecule has 3 rings (SSSR count). The van der Waals surface area contributed by atoms with Crippen molar-refractivity contribution in [2.24, 2.45) is 0 Å². The van der Waals surface area contributed by atoms with Crippen LogP contribution in [0.25, 0.3) is 0 Å². The molecule has 8 heteroatoms. The van der Waals surface area contributed by atoms with Gasteiger partial charge in [-0.25, -0.2) is 4.79 Å². The summed E-state index contributed by atoms with van der Waals surface area (Å²) in [6.45, 7) is 0.250. The zero-order chi connectivity index (χ0) is 20.8. The van der Waals surface area contributed by atoms with Crippen LogP contribution in [0.3, 0.4) is 0 Å².